The summed E-state index contributed by atoms with van der Waals surface area (Å²) < 4.78 is 15.8. The average molecular weight is 307 g/mol. The van der Waals surface area contributed by atoms with Crippen LogP contribution in [-0.4, -0.2) is 79.5 Å². The summed E-state index contributed by atoms with van der Waals surface area (Å²) in [4.78, 5) is 13.6. The SMILES string of the molecule is CCC(C)(C)OC(=O)N(CCOCCO)CCOCCO. The van der Waals surface area contributed by atoms with Gasteiger partial charge < -0.3 is 29.3 Å². The molecule has 0 aliphatic heterocycles. The molecule has 0 unspecified atom stereocenters. The van der Waals surface area contributed by atoms with Gasteiger partial charge >= 0.3 is 6.09 Å². The van der Waals surface area contributed by atoms with Crippen LogP contribution in [0.25, 0.3) is 0 Å². The lowest BCUT2D eigenvalue weighted by Gasteiger charge is -2.29. The number of amides is 1. The van der Waals surface area contributed by atoms with Crippen LogP contribution in [0.5, 0.6) is 0 Å². The van der Waals surface area contributed by atoms with E-state index in [1.807, 2.05) is 20.8 Å². The summed E-state index contributed by atoms with van der Waals surface area (Å²) in [5.74, 6) is 0. The summed E-state index contributed by atoms with van der Waals surface area (Å²) in [6, 6.07) is 0. The third kappa shape index (κ3) is 10.5. The highest BCUT2D eigenvalue weighted by Crippen LogP contribution is 2.15. The number of aliphatic hydroxyl groups excluding tert-OH is 2. The average Bonchev–Trinajstić information content (AvgIpc) is 2.45. The maximum Gasteiger partial charge on any atom is 0.410 e. The van der Waals surface area contributed by atoms with Crippen LogP contribution < -0.4 is 0 Å². The van der Waals surface area contributed by atoms with Crippen molar-refractivity contribution in [2.45, 2.75) is 32.8 Å². The standard InChI is InChI=1S/C14H29NO6/c1-4-14(2,3)21-13(18)15(5-9-19-11-7-16)6-10-20-12-8-17/h16-17H,4-12H2,1-3H3. The molecule has 0 radical (unpaired) electrons. The van der Waals surface area contributed by atoms with Crippen LogP contribution in [0.4, 0.5) is 4.79 Å². The van der Waals surface area contributed by atoms with Crippen molar-refractivity contribution in [1.82, 2.24) is 4.90 Å². The van der Waals surface area contributed by atoms with Crippen LogP contribution in [0, 0.1) is 0 Å². The molecule has 0 saturated heterocycles. The quantitative estimate of drug-likeness (QED) is 0.514. The highest BCUT2D eigenvalue weighted by atomic mass is 16.6. The van der Waals surface area contributed by atoms with Gasteiger partial charge in [-0.3, -0.25) is 0 Å². The number of hydrogen-bond donors (Lipinski definition) is 2. The minimum absolute atomic E-state index is 0.0487. The largest absolute Gasteiger partial charge is 0.443 e. The van der Waals surface area contributed by atoms with Crippen molar-refractivity contribution in [3.63, 3.8) is 0 Å². The maximum absolute atomic E-state index is 12.1. The van der Waals surface area contributed by atoms with E-state index in [2.05, 4.69) is 0 Å². The molecule has 21 heavy (non-hydrogen) atoms. The minimum Gasteiger partial charge on any atom is -0.443 e. The maximum atomic E-state index is 12.1. The molecule has 0 aromatic rings. The zero-order valence-electron chi connectivity index (χ0n) is 13.3. The van der Waals surface area contributed by atoms with Crippen LogP contribution in [-0.2, 0) is 14.2 Å². The third-order valence-electron chi connectivity index (χ3n) is 2.96. The summed E-state index contributed by atoms with van der Waals surface area (Å²) >= 11 is 0. The van der Waals surface area contributed by atoms with E-state index in [0.717, 1.165) is 0 Å². The van der Waals surface area contributed by atoms with Gasteiger partial charge in [0.05, 0.1) is 39.6 Å². The number of aliphatic hydroxyl groups is 2. The first-order chi connectivity index (χ1) is 9.96. The minimum atomic E-state index is -0.521. The second kappa shape index (κ2) is 11.7. The van der Waals surface area contributed by atoms with Crippen molar-refractivity contribution in [3.05, 3.63) is 0 Å². The highest BCUT2D eigenvalue weighted by Gasteiger charge is 2.24. The molecule has 0 spiro atoms. The first-order valence-corrected chi connectivity index (χ1v) is 7.32. The van der Waals surface area contributed by atoms with Crippen molar-refractivity contribution < 1.29 is 29.2 Å². The van der Waals surface area contributed by atoms with Crippen LogP contribution in [0.2, 0.25) is 0 Å². The number of ether oxygens (including phenoxy) is 3. The van der Waals surface area contributed by atoms with E-state index >= 15 is 0 Å². The predicted octanol–water partition coefficient (Wildman–Crippen LogP) is 0.631. The Morgan fingerprint density at radius 3 is 1.86 bits per heavy atom. The van der Waals surface area contributed by atoms with Gasteiger partial charge in [-0.15, -0.1) is 0 Å². The lowest BCUT2D eigenvalue weighted by Crippen LogP contribution is -2.41. The van der Waals surface area contributed by atoms with E-state index in [1.54, 1.807) is 0 Å². The number of carbonyl (C=O) groups excluding carboxylic acids is 1. The van der Waals surface area contributed by atoms with E-state index in [1.165, 1.54) is 4.90 Å². The van der Waals surface area contributed by atoms with Gasteiger partial charge in [0.1, 0.15) is 5.60 Å². The Hall–Kier alpha value is -0.890. The van der Waals surface area contributed by atoms with Gasteiger partial charge in [0.15, 0.2) is 0 Å². The Kier molecular flexibility index (Phi) is 11.2. The van der Waals surface area contributed by atoms with Crippen molar-refractivity contribution >= 4 is 6.09 Å². The molecule has 2 N–H and O–H groups in total. The predicted molar refractivity (Wildman–Crippen MR) is 78.2 cm³/mol. The molecule has 0 aromatic carbocycles. The zero-order chi connectivity index (χ0) is 16.1. The summed E-state index contributed by atoms with van der Waals surface area (Å²) in [7, 11) is 0. The molecular formula is C14H29NO6. The summed E-state index contributed by atoms with van der Waals surface area (Å²) in [5, 5.41) is 17.3. The molecule has 7 heteroatoms. The van der Waals surface area contributed by atoms with Crippen molar-refractivity contribution in [2.24, 2.45) is 0 Å². The number of rotatable bonds is 12. The van der Waals surface area contributed by atoms with Gasteiger partial charge in [-0.25, -0.2) is 4.79 Å². The van der Waals surface area contributed by atoms with Crippen molar-refractivity contribution in [3.8, 4) is 0 Å². The first-order valence-electron chi connectivity index (χ1n) is 7.32. The van der Waals surface area contributed by atoms with Crippen LogP contribution in [0.1, 0.15) is 27.2 Å². The fourth-order valence-electron chi connectivity index (χ4n) is 1.35. The molecule has 0 bridgehead atoms. The molecule has 126 valence electrons. The number of hydrogen-bond acceptors (Lipinski definition) is 6. The van der Waals surface area contributed by atoms with E-state index in [0.29, 0.717) is 32.7 Å². The normalized spacial score (nSPS) is 11.5. The van der Waals surface area contributed by atoms with Gasteiger partial charge in [0, 0.05) is 13.1 Å². The van der Waals surface area contributed by atoms with E-state index in [4.69, 9.17) is 24.4 Å². The molecule has 0 atom stereocenters. The molecule has 0 aliphatic rings. The Balaban J connectivity index is 4.29. The molecular weight excluding hydrogens is 278 g/mol. The molecule has 0 rings (SSSR count). The second-order valence-corrected chi connectivity index (χ2v) is 5.14. The van der Waals surface area contributed by atoms with Gasteiger partial charge in [0.25, 0.3) is 0 Å². The first kappa shape index (κ1) is 20.1. The molecule has 7 nitrogen and oxygen atoms in total. The van der Waals surface area contributed by atoms with Crippen LogP contribution in [0.15, 0.2) is 0 Å². The summed E-state index contributed by atoms with van der Waals surface area (Å²) in [6.07, 6.45) is 0.302. The highest BCUT2D eigenvalue weighted by molar-refractivity contribution is 5.68. The molecule has 0 aromatic heterocycles. The zero-order valence-corrected chi connectivity index (χ0v) is 13.3. The van der Waals surface area contributed by atoms with Gasteiger partial charge in [0.2, 0.25) is 0 Å². The topological polar surface area (TPSA) is 88.5 Å². The van der Waals surface area contributed by atoms with Crippen molar-refractivity contribution in [1.29, 1.82) is 0 Å². The van der Waals surface area contributed by atoms with Gasteiger partial charge in [-0.05, 0) is 20.3 Å². The lowest BCUT2D eigenvalue weighted by molar-refractivity contribution is -0.00341. The molecule has 0 saturated carbocycles. The van der Waals surface area contributed by atoms with Crippen LogP contribution >= 0.6 is 0 Å². The van der Waals surface area contributed by atoms with Crippen molar-refractivity contribution in [2.75, 3.05) is 52.7 Å². The van der Waals surface area contributed by atoms with Crippen LogP contribution in [0.3, 0.4) is 0 Å². The van der Waals surface area contributed by atoms with E-state index in [-0.39, 0.29) is 26.4 Å². The fraction of sp³-hybridized carbons (Fsp3) is 0.929. The van der Waals surface area contributed by atoms with Gasteiger partial charge in [-0.1, -0.05) is 6.92 Å². The third-order valence-corrected chi connectivity index (χ3v) is 2.96. The Bertz CT molecular complexity index is 260. The summed E-state index contributed by atoms with van der Waals surface area (Å²) in [6.45, 7) is 7.41. The Morgan fingerprint density at radius 2 is 1.48 bits per heavy atom. The Labute approximate surface area is 126 Å². The van der Waals surface area contributed by atoms with E-state index in [9.17, 15) is 4.79 Å². The lowest BCUT2D eigenvalue weighted by atomic mass is 10.1. The molecule has 0 fully saturated rings. The Morgan fingerprint density at radius 1 is 1.00 bits per heavy atom. The van der Waals surface area contributed by atoms with Gasteiger partial charge in [-0.2, -0.15) is 0 Å². The second-order valence-electron chi connectivity index (χ2n) is 5.14. The number of carbonyl (C=O) groups is 1. The fourth-order valence-corrected chi connectivity index (χ4v) is 1.35. The smallest absolute Gasteiger partial charge is 0.410 e. The number of nitrogens with zero attached hydrogens (tertiary/aromatic N) is 1. The molecule has 1 amide bonds. The monoisotopic (exact) mass is 307 g/mol. The van der Waals surface area contributed by atoms with E-state index < -0.39 is 11.7 Å². The molecule has 0 heterocycles. The molecule has 0 aliphatic carbocycles. The summed E-state index contributed by atoms with van der Waals surface area (Å²) in [5.41, 5.74) is -0.521.